The molecule has 0 saturated carbocycles. The van der Waals surface area contributed by atoms with Gasteiger partial charge in [-0.05, 0) is 30.5 Å². The third-order valence-electron chi connectivity index (χ3n) is 1.90. The van der Waals surface area contributed by atoms with E-state index >= 15 is 0 Å². The third-order valence-corrected chi connectivity index (χ3v) is 2.15. The fraction of sp³-hybridized carbons (Fsp3) is 0.273. The summed E-state index contributed by atoms with van der Waals surface area (Å²) in [5, 5.41) is 10.3. The Hall–Kier alpha value is -0.790. The van der Waals surface area contributed by atoms with Gasteiger partial charge < -0.3 is 5.11 Å². The molecule has 70 valence electrons. The molecule has 0 aliphatic heterocycles. The maximum atomic E-state index is 9.65. The van der Waals surface area contributed by atoms with Gasteiger partial charge in [-0.1, -0.05) is 29.8 Å². The van der Waals surface area contributed by atoms with Crippen molar-refractivity contribution in [1.82, 2.24) is 0 Å². The molecule has 0 bridgehead atoms. The first kappa shape index (κ1) is 10.3. The molecule has 0 amide bonds. The van der Waals surface area contributed by atoms with Crippen LogP contribution < -0.4 is 0 Å². The van der Waals surface area contributed by atoms with Crippen molar-refractivity contribution in [2.24, 2.45) is 0 Å². The molecule has 13 heavy (non-hydrogen) atoms. The molecule has 1 aromatic rings. The summed E-state index contributed by atoms with van der Waals surface area (Å²) in [4.78, 5) is 0. The Morgan fingerprint density at radius 1 is 1.38 bits per heavy atom. The van der Waals surface area contributed by atoms with Gasteiger partial charge in [-0.3, -0.25) is 0 Å². The predicted molar refractivity (Wildman–Crippen MR) is 55.8 cm³/mol. The lowest BCUT2D eigenvalue weighted by atomic mass is 10.1. The molecule has 1 aromatic carbocycles. The van der Waals surface area contributed by atoms with Crippen LogP contribution in [-0.2, 0) is 0 Å². The summed E-state index contributed by atoms with van der Waals surface area (Å²) < 4.78 is 0. The molecule has 1 atom stereocenters. The van der Waals surface area contributed by atoms with Crippen LogP contribution in [0, 0.1) is 0 Å². The predicted octanol–water partition coefficient (Wildman–Crippen LogP) is 3.34. The van der Waals surface area contributed by atoms with Gasteiger partial charge in [-0.25, -0.2) is 0 Å². The summed E-state index contributed by atoms with van der Waals surface area (Å²) in [5.74, 6) is 0. The molecule has 0 heterocycles. The largest absolute Gasteiger partial charge is 0.388 e. The van der Waals surface area contributed by atoms with Gasteiger partial charge in [0.15, 0.2) is 0 Å². The van der Waals surface area contributed by atoms with Crippen LogP contribution in [0.5, 0.6) is 0 Å². The van der Waals surface area contributed by atoms with E-state index in [9.17, 15) is 5.11 Å². The van der Waals surface area contributed by atoms with Gasteiger partial charge in [0.1, 0.15) is 0 Å². The quantitative estimate of drug-likeness (QED) is 0.733. The normalized spacial score (nSPS) is 12.5. The van der Waals surface area contributed by atoms with Gasteiger partial charge in [-0.15, -0.1) is 6.58 Å². The highest BCUT2D eigenvalue weighted by atomic mass is 35.5. The number of aliphatic hydroxyl groups excluding tert-OH is 1. The second-order valence-electron chi connectivity index (χ2n) is 2.93. The summed E-state index contributed by atoms with van der Waals surface area (Å²) >= 11 is 5.72. The fourth-order valence-corrected chi connectivity index (χ4v) is 1.25. The minimum Gasteiger partial charge on any atom is -0.388 e. The highest BCUT2D eigenvalue weighted by Gasteiger charge is 2.05. The monoisotopic (exact) mass is 196 g/mol. The van der Waals surface area contributed by atoms with E-state index in [1.807, 2.05) is 12.1 Å². The Balaban J connectivity index is 2.60. The first-order valence-corrected chi connectivity index (χ1v) is 4.66. The van der Waals surface area contributed by atoms with E-state index < -0.39 is 6.10 Å². The van der Waals surface area contributed by atoms with Crippen LogP contribution in [0.4, 0.5) is 0 Å². The lowest BCUT2D eigenvalue weighted by Crippen LogP contribution is -1.95. The third kappa shape index (κ3) is 3.21. The minimum absolute atomic E-state index is 0.407. The molecule has 1 rings (SSSR count). The highest BCUT2D eigenvalue weighted by molar-refractivity contribution is 6.30. The lowest BCUT2D eigenvalue weighted by molar-refractivity contribution is 0.169. The van der Waals surface area contributed by atoms with Gasteiger partial charge in [0.25, 0.3) is 0 Å². The molecule has 1 unspecified atom stereocenters. The van der Waals surface area contributed by atoms with E-state index in [-0.39, 0.29) is 0 Å². The molecule has 0 aliphatic carbocycles. The second-order valence-corrected chi connectivity index (χ2v) is 3.37. The first-order chi connectivity index (χ1) is 6.24. The number of halogens is 1. The zero-order valence-corrected chi connectivity index (χ0v) is 8.17. The average Bonchev–Trinajstić information content (AvgIpc) is 2.15. The van der Waals surface area contributed by atoms with Crippen molar-refractivity contribution in [3.05, 3.63) is 47.5 Å². The van der Waals surface area contributed by atoms with E-state index in [4.69, 9.17) is 11.6 Å². The molecule has 1 nitrogen and oxygen atoms in total. The second kappa shape index (κ2) is 5.05. The molecule has 0 aliphatic rings. The maximum Gasteiger partial charge on any atom is 0.0793 e. The number of hydrogen-bond donors (Lipinski definition) is 1. The smallest absolute Gasteiger partial charge is 0.0793 e. The number of rotatable bonds is 4. The fourth-order valence-electron chi connectivity index (χ4n) is 1.13. The van der Waals surface area contributed by atoms with Crippen molar-refractivity contribution in [2.75, 3.05) is 0 Å². The molecule has 2 heteroatoms. The van der Waals surface area contributed by atoms with Crippen molar-refractivity contribution >= 4 is 11.6 Å². The van der Waals surface area contributed by atoms with Gasteiger partial charge in [0, 0.05) is 5.02 Å². The zero-order valence-electron chi connectivity index (χ0n) is 7.41. The molecule has 0 spiro atoms. The molecule has 0 fully saturated rings. The van der Waals surface area contributed by atoms with E-state index in [1.54, 1.807) is 18.2 Å². The van der Waals surface area contributed by atoms with Gasteiger partial charge >= 0.3 is 0 Å². The van der Waals surface area contributed by atoms with Crippen LogP contribution in [0.2, 0.25) is 5.02 Å². The SMILES string of the molecule is C=CCCC(O)c1ccc(Cl)cc1. The molecular formula is C11H13ClO. The Bertz CT molecular complexity index is 266. The summed E-state index contributed by atoms with van der Waals surface area (Å²) in [6, 6.07) is 7.26. The van der Waals surface area contributed by atoms with Crippen LogP contribution in [0.3, 0.4) is 0 Å². The van der Waals surface area contributed by atoms with Crippen LogP contribution >= 0.6 is 11.6 Å². The van der Waals surface area contributed by atoms with E-state index in [0.717, 1.165) is 12.0 Å². The van der Waals surface area contributed by atoms with E-state index in [1.165, 1.54) is 0 Å². The summed E-state index contributed by atoms with van der Waals surface area (Å²) in [5.41, 5.74) is 0.909. The maximum absolute atomic E-state index is 9.65. The topological polar surface area (TPSA) is 20.2 Å². The lowest BCUT2D eigenvalue weighted by Gasteiger charge is -2.08. The number of aliphatic hydroxyl groups is 1. The van der Waals surface area contributed by atoms with Crippen molar-refractivity contribution < 1.29 is 5.11 Å². The highest BCUT2D eigenvalue weighted by Crippen LogP contribution is 2.20. The number of benzene rings is 1. The Labute approximate surface area is 83.7 Å². The minimum atomic E-state index is -0.407. The Morgan fingerprint density at radius 3 is 2.54 bits per heavy atom. The van der Waals surface area contributed by atoms with Crippen LogP contribution in [0.1, 0.15) is 24.5 Å². The molecule has 1 N–H and O–H groups in total. The summed E-state index contributed by atoms with van der Waals surface area (Å²) in [6.45, 7) is 3.61. The first-order valence-electron chi connectivity index (χ1n) is 4.28. The molecule has 0 saturated heterocycles. The molecule has 0 aromatic heterocycles. The van der Waals surface area contributed by atoms with Gasteiger partial charge in [-0.2, -0.15) is 0 Å². The average molecular weight is 197 g/mol. The Kier molecular flexibility index (Phi) is 4.00. The van der Waals surface area contributed by atoms with Crippen LogP contribution in [0.25, 0.3) is 0 Å². The summed E-state index contributed by atoms with van der Waals surface area (Å²) in [7, 11) is 0. The number of allylic oxidation sites excluding steroid dienone is 1. The van der Waals surface area contributed by atoms with Crippen molar-refractivity contribution in [1.29, 1.82) is 0 Å². The molecular weight excluding hydrogens is 184 g/mol. The van der Waals surface area contributed by atoms with E-state index in [2.05, 4.69) is 6.58 Å². The van der Waals surface area contributed by atoms with Crippen molar-refractivity contribution in [3.63, 3.8) is 0 Å². The van der Waals surface area contributed by atoms with Crippen molar-refractivity contribution in [3.8, 4) is 0 Å². The zero-order chi connectivity index (χ0) is 9.68. The van der Waals surface area contributed by atoms with Gasteiger partial charge in [0.2, 0.25) is 0 Å². The molecule has 0 radical (unpaired) electrons. The number of hydrogen-bond acceptors (Lipinski definition) is 1. The van der Waals surface area contributed by atoms with Crippen LogP contribution in [0.15, 0.2) is 36.9 Å². The van der Waals surface area contributed by atoms with Crippen LogP contribution in [-0.4, -0.2) is 5.11 Å². The standard InChI is InChI=1S/C11H13ClO/c1-2-3-4-11(13)9-5-7-10(12)8-6-9/h2,5-8,11,13H,1,3-4H2. The summed E-state index contributed by atoms with van der Waals surface area (Å²) in [6.07, 6.45) is 2.93. The van der Waals surface area contributed by atoms with E-state index in [0.29, 0.717) is 11.4 Å². The Morgan fingerprint density at radius 2 is 2.00 bits per heavy atom. The van der Waals surface area contributed by atoms with Crippen molar-refractivity contribution in [2.45, 2.75) is 18.9 Å². The van der Waals surface area contributed by atoms with Gasteiger partial charge in [0.05, 0.1) is 6.10 Å².